The van der Waals surface area contributed by atoms with Crippen molar-refractivity contribution in [2.75, 3.05) is 0 Å². The maximum atomic E-state index is 6.23. The summed E-state index contributed by atoms with van der Waals surface area (Å²) in [6.45, 7) is 5.06. The molecule has 2 aromatic heterocycles. The SMILES string of the molecule is CCn1ccnc1C(N)c1cc(C)c(Br)s1. The topological polar surface area (TPSA) is 43.8 Å². The van der Waals surface area contributed by atoms with Crippen LogP contribution in [0.25, 0.3) is 0 Å². The van der Waals surface area contributed by atoms with E-state index in [0.717, 1.165) is 21.0 Å². The number of thiophene rings is 1. The van der Waals surface area contributed by atoms with E-state index in [0.29, 0.717) is 0 Å². The Morgan fingerprint density at radius 3 is 2.94 bits per heavy atom. The van der Waals surface area contributed by atoms with Crippen LogP contribution in [0.5, 0.6) is 0 Å². The van der Waals surface area contributed by atoms with E-state index in [-0.39, 0.29) is 6.04 Å². The molecule has 0 amide bonds. The molecule has 0 radical (unpaired) electrons. The highest BCUT2D eigenvalue weighted by molar-refractivity contribution is 9.11. The van der Waals surface area contributed by atoms with Crippen LogP contribution in [-0.2, 0) is 6.54 Å². The average Bonchev–Trinajstić information content (AvgIpc) is 2.85. The summed E-state index contributed by atoms with van der Waals surface area (Å²) in [7, 11) is 0. The predicted octanol–water partition coefficient (Wildman–Crippen LogP) is 3.08. The van der Waals surface area contributed by atoms with Gasteiger partial charge in [-0.25, -0.2) is 4.98 Å². The lowest BCUT2D eigenvalue weighted by Crippen LogP contribution is -2.16. The number of nitrogens with two attached hydrogens (primary N) is 1. The van der Waals surface area contributed by atoms with Gasteiger partial charge in [-0.15, -0.1) is 11.3 Å². The highest BCUT2D eigenvalue weighted by atomic mass is 79.9. The van der Waals surface area contributed by atoms with Crippen LogP contribution in [0.2, 0.25) is 0 Å². The Hall–Kier alpha value is -0.650. The minimum absolute atomic E-state index is 0.134. The molecule has 2 aromatic rings. The maximum absolute atomic E-state index is 6.23. The second kappa shape index (κ2) is 4.69. The van der Waals surface area contributed by atoms with Crippen molar-refractivity contribution in [2.24, 2.45) is 5.73 Å². The van der Waals surface area contributed by atoms with Gasteiger partial charge in [-0.3, -0.25) is 0 Å². The third-order valence-electron chi connectivity index (χ3n) is 2.55. The molecule has 1 unspecified atom stereocenters. The van der Waals surface area contributed by atoms with Gasteiger partial charge >= 0.3 is 0 Å². The number of nitrogens with zero attached hydrogens (tertiary/aromatic N) is 2. The van der Waals surface area contributed by atoms with E-state index in [1.165, 1.54) is 5.56 Å². The maximum Gasteiger partial charge on any atom is 0.131 e. The molecular weight excluding hydrogens is 286 g/mol. The Labute approximate surface area is 107 Å². The summed E-state index contributed by atoms with van der Waals surface area (Å²) < 4.78 is 3.22. The van der Waals surface area contributed by atoms with Gasteiger partial charge in [0, 0.05) is 23.8 Å². The van der Waals surface area contributed by atoms with Crippen molar-refractivity contribution < 1.29 is 0 Å². The Bertz CT molecular complexity index is 470. The number of halogens is 1. The first-order chi connectivity index (χ1) is 7.63. The molecule has 0 saturated carbocycles. The van der Waals surface area contributed by atoms with Gasteiger partial charge in [0.2, 0.25) is 0 Å². The van der Waals surface area contributed by atoms with E-state index in [1.807, 2.05) is 6.20 Å². The Morgan fingerprint density at radius 2 is 2.38 bits per heavy atom. The normalized spacial score (nSPS) is 13.0. The highest BCUT2D eigenvalue weighted by Gasteiger charge is 2.17. The van der Waals surface area contributed by atoms with Gasteiger partial charge in [-0.2, -0.15) is 0 Å². The van der Waals surface area contributed by atoms with Gasteiger partial charge < -0.3 is 10.3 Å². The molecule has 0 spiro atoms. The van der Waals surface area contributed by atoms with Crippen LogP contribution in [-0.4, -0.2) is 9.55 Å². The summed E-state index contributed by atoms with van der Waals surface area (Å²) in [5.74, 6) is 0.927. The molecule has 5 heteroatoms. The first kappa shape index (κ1) is 11.8. The van der Waals surface area contributed by atoms with Crippen molar-refractivity contribution >= 4 is 27.3 Å². The number of aryl methyl sites for hydroxylation is 2. The number of hydrogen-bond donors (Lipinski definition) is 1. The second-order valence-electron chi connectivity index (χ2n) is 3.65. The van der Waals surface area contributed by atoms with Crippen molar-refractivity contribution in [1.29, 1.82) is 0 Å². The fraction of sp³-hybridized carbons (Fsp3) is 0.364. The summed E-state index contributed by atoms with van der Waals surface area (Å²) in [4.78, 5) is 5.48. The molecule has 86 valence electrons. The number of imidazole rings is 1. The number of rotatable bonds is 3. The lowest BCUT2D eigenvalue weighted by atomic mass is 10.2. The highest BCUT2D eigenvalue weighted by Crippen LogP contribution is 2.32. The van der Waals surface area contributed by atoms with Crippen LogP contribution in [0, 0.1) is 6.92 Å². The third kappa shape index (κ3) is 2.07. The van der Waals surface area contributed by atoms with Gasteiger partial charge in [0.15, 0.2) is 0 Å². The lowest BCUT2D eigenvalue weighted by molar-refractivity contribution is 0.661. The molecule has 0 aliphatic rings. The van der Waals surface area contributed by atoms with Crippen LogP contribution < -0.4 is 5.73 Å². The van der Waals surface area contributed by atoms with Crippen molar-refractivity contribution in [2.45, 2.75) is 26.4 Å². The molecule has 2 N–H and O–H groups in total. The van der Waals surface area contributed by atoms with Crippen LogP contribution >= 0.6 is 27.3 Å². The Balaban J connectivity index is 2.35. The standard InChI is InChI=1S/C11H14BrN3S/c1-3-15-5-4-14-11(15)9(13)8-6-7(2)10(12)16-8/h4-6,9H,3,13H2,1-2H3. The summed E-state index contributed by atoms with van der Waals surface area (Å²) in [6.07, 6.45) is 3.76. The van der Waals surface area contributed by atoms with E-state index in [9.17, 15) is 0 Å². The van der Waals surface area contributed by atoms with Crippen molar-refractivity contribution in [3.05, 3.63) is 38.5 Å². The minimum Gasteiger partial charge on any atom is -0.334 e. The smallest absolute Gasteiger partial charge is 0.131 e. The zero-order valence-electron chi connectivity index (χ0n) is 9.27. The largest absolute Gasteiger partial charge is 0.334 e. The van der Waals surface area contributed by atoms with E-state index >= 15 is 0 Å². The fourth-order valence-corrected chi connectivity index (χ4v) is 3.20. The second-order valence-corrected chi connectivity index (χ2v) is 6.06. The molecule has 0 saturated heterocycles. The molecule has 2 heterocycles. The molecule has 16 heavy (non-hydrogen) atoms. The molecule has 3 nitrogen and oxygen atoms in total. The van der Waals surface area contributed by atoms with Gasteiger partial charge in [0.05, 0.1) is 9.83 Å². The monoisotopic (exact) mass is 299 g/mol. The van der Waals surface area contributed by atoms with Crippen LogP contribution in [0.3, 0.4) is 0 Å². The summed E-state index contributed by atoms with van der Waals surface area (Å²) in [5.41, 5.74) is 7.45. The van der Waals surface area contributed by atoms with Gasteiger partial charge in [-0.1, -0.05) is 0 Å². The summed E-state index contributed by atoms with van der Waals surface area (Å²) >= 11 is 5.20. The zero-order chi connectivity index (χ0) is 11.7. The Kier molecular flexibility index (Phi) is 3.47. The van der Waals surface area contributed by atoms with E-state index in [1.54, 1.807) is 17.5 Å². The summed E-state index contributed by atoms with van der Waals surface area (Å²) in [6, 6.07) is 1.98. The first-order valence-electron chi connectivity index (χ1n) is 5.16. The molecule has 1 atom stereocenters. The van der Waals surface area contributed by atoms with Gasteiger partial charge in [0.25, 0.3) is 0 Å². The predicted molar refractivity (Wildman–Crippen MR) is 70.7 cm³/mol. The molecular formula is C11H14BrN3S. The van der Waals surface area contributed by atoms with Crippen molar-refractivity contribution in [3.8, 4) is 0 Å². The summed E-state index contributed by atoms with van der Waals surface area (Å²) in [5, 5.41) is 0. The molecule has 0 aliphatic carbocycles. The van der Waals surface area contributed by atoms with Crippen molar-refractivity contribution in [1.82, 2.24) is 9.55 Å². The lowest BCUT2D eigenvalue weighted by Gasteiger charge is -2.10. The number of aromatic nitrogens is 2. The van der Waals surface area contributed by atoms with Gasteiger partial charge in [0.1, 0.15) is 5.82 Å². The van der Waals surface area contributed by atoms with E-state index in [4.69, 9.17) is 5.73 Å². The molecule has 0 fully saturated rings. The third-order valence-corrected chi connectivity index (χ3v) is 4.77. The fourth-order valence-electron chi connectivity index (χ4n) is 1.63. The van der Waals surface area contributed by atoms with E-state index < -0.39 is 0 Å². The van der Waals surface area contributed by atoms with Crippen LogP contribution in [0.1, 0.15) is 29.2 Å². The zero-order valence-corrected chi connectivity index (χ0v) is 11.7. The first-order valence-corrected chi connectivity index (χ1v) is 6.77. The van der Waals surface area contributed by atoms with Crippen molar-refractivity contribution in [3.63, 3.8) is 0 Å². The van der Waals surface area contributed by atoms with Gasteiger partial charge in [-0.05, 0) is 41.4 Å². The van der Waals surface area contributed by atoms with Crippen LogP contribution in [0.15, 0.2) is 22.2 Å². The number of hydrogen-bond acceptors (Lipinski definition) is 3. The molecule has 0 aliphatic heterocycles. The minimum atomic E-state index is -0.134. The van der Waals surface area contributed by atoms with Crippen LogP contribution in [0.4, 0.5) is 0 Å². The molecule has 0 bridgehead atoms. The molecule has 0 aromatic carbocycles. The molecule has 2 rings (SSSR count). The Morgan fingerprint density at radius 1 is 1.62 bits per heavy atom. The average molecular weight is 300 g/mol. The quantitative estimate of drug-likeness (QED) is 0.946. The van der Waals surface area contributed by atoms with E-state index in [2.05, 4.69) is 45.4 Å².